The molecule has 2 aromatic rings. The van der Waals surface area contributed by atoms with E-state index < -0.39 is 0 Å². The number of hydrogen-bond donors (Lipinski definition) is 1. The number of anilines is 1. The Morgan fingerprint density at radius 3 is 3.17 bits per heavy atom. The standard InChI is InChI=1S/C13H19N5/c1-3-10-8-14-6-7-18(10)13-12-11(4-5-15-13)17(2)9-16-12/h4-5,9-10,14H,3,6-8H2,1-2H3. The third-order valence-corrected chi connectivity index (χ3v) is 3.72. The summed E-state index contributed by atoms with van der Waals surface area (Å²) in [6.45, 7) is 5.27. The van der Waals surface area contributed by atoms with Crippen molar-refractivity contribution in [3.8, 4) is 0 Å². The second kappa shape index (κ2) is 4.57. The molecule has 0 amide bonds. The largest absolute Gasteiger partial charge is 0.349 e. The van der Waals surface area contributed by atoms with Crippen molar-refractivity contribution < 1.29 is 0 Å². The number of hydrogen-bond acceptors (Lipinski definition) is 4. The molecule has 1 N–H and O–H groups in total. The summed E-state index contributed by atoms with van der Waals surface area (Å²) in [7, 11) is 2.02. The molecule has 3 heterocycles. The minimum Gasteiger partial charge on any atom is -0.349 e. The van der Waals surface area contributed by atoms with E-state index in [4.69, 9.17) is 0 Å². The second-order valence-electron chi connectivity index (χ2n) is 4.82. The molecule has 0 aliphatic carbocycles. The summed E-state index contributed by atoms with van der Waals surface area (Å²) >= 11 is 0. The van der Waals surface area contributed by atoms with Crippen molar-refractivity contribution in [1.29, 1.82) is 0 Å². The molecule has 5 nitrogen and oxygen atoms in total. The Hall–Kier alpha value is -1.62. The van der Waals surface area contributed by atoms with Gasteiger partial charge < -0.3 is 14.8 Å². The van der Waals surface area contributed by atoms with Gasteiger partial charge in [-0.15, -0.1) is 0 Å². The Bertz CT molecular complexity index is 547. The number of nitrogens with one attached hydrogen (secondary N) is 1. The van der Waals surface area contributed by atoms with Crippen molar-refractivity contribution >= 4 is 16.9 Å². The summed E-state index contributed by atoms with van der Waals surface area (Å²) < 4.78 is 2.05. The van der Waals surface area contributed by atoms with E-state index in [0.29, 0.717) is 6.04 Å². The normalized spacial score (nSPS) is 20.6. The van der Waals surface area contributed by atoms with Gasteiger partial charge in [-0.1, -0.05) is 6.92 Å². The summed E-state index contributed by atoms with van der Waals surface area (Å²) in [4.78, 5) is 11.5. The first-order valence-corrected chi connectivity index (χ1v) is 6.54. The Morgan fingerprint density at radius 2 is 2.33 bits per heavy atom. The first kappa shape index (κ1) is 11.5. The van der Waals surface area contributed by atoms with Gasteiger partial charge in [0.05, 0.1) is 11.8 Å². The van der Waals surface area contributed by atoms with Gasteiger partial charge in [0.15, 0.2) is 5.82 Å². The van der Waals surface area contributed by atoms with Crippen LogP contribution >= 0.6 is 0 Å². The van der Waals surface area contributed by atoms with E-state index in [0.717, 1.165) is 42.9 Å². The smallest absolute Gasteiger partial charge is 0.157 e. The average molecular weight is 245 g/mol. The van der Waals surface area contributed by atoms with E-state index >= 15 is 0 Å². The fourth-order valence-corrected chi connectivity index (χ4v) is 2.66. The molecule has 1 unspecified atom stereocenters. The molecule has 1 saturated heterocycles. The molecule has 18 heavy (non-hydrogen) atoms. The highest BCUT2D eigenvalue weighted by molar-refractivity contribution is 5.86. The van der Waals surface area contributed by atoms with Gasteiger partial charge in [0.1, 0.15) is 5.52 Å². The first-order chi connectivity index (χ1) is 8.81. The van der Waals surface area contributed by atoms with Crippen LogP contribution < -0.4 is 10.2 Å². The lowest BCUT2D eigenvalue weighted by Gasteiger charge is -2.36. The lowest BCUT2D eigenvalue weighted by atomic mass is 10.1. The molecule has 0 aromatic carbocycles. The van der Waals surface area contributed by atoms with Gasteiger partial charge in [0.25, 0.3) is 0 Å². The zero-order valence-corrected chi connectivity index (χ0v) is 10.9. The van der Waals surface area contributed by atoms with Gasteiger partial charge in [0.2, 0.25) is 0 Å². The minimum absolute atomic E-state index is 0.513. The molecule has 3 rings (SSSR count). The lowest BCUT2D eigenvalue weighted by Crippen LogP contribution is -2.51. The van der Waals surface area contributed by atoms with Gasteiger partial charge in [-0.05, 0) is 12.5 Å². The van der Waals surface area contributed by atoms with Gasteiger partial charge >= 0.3 is 0 Å². The van der Waals surface area contributed by atoms with Crippen LogP contribution in [-0.4, -0.2) is 40.2 Å². The van der Waals surface area contributed by atoms with E-state index in [1.807, 2.05) is 30.2 Å². The van der Waals surface area contributed by atoms with E-state index in [1.165, 1.54) is 0 Å². The van der Waals surface area contributed by atoms with Gasteiger partial charge in [-0.2, -0.15) is 0 Å². The van der Waals surface area contributed by atoms with Crippen LogP contribution in [0.25, 0.3) is 11.0 Å². The molecule has 2 aromatic heterocycles. The van der Waals surface area contributed by atoms with E-state index in [1.54, 1.807) is 0 Å². The van der Waals surface area contributed by atoms with Crippen LogP contribution in [0.5, 0.6) is 0 Å². The van der Waals surface area contributed by atoms with Crippen molar-refractivity contribution in [2.24, 2.45) is 7.05 Å². The third-order valence-electron chi connectivity index (χ3n) is 3.72. The van der Waals surface area contributed by atoms with Crippen molar-refractivity contribution in [2.75, 3.05) is 24.5 Å². The maximum atomic E-state index is 4.56. The molecule has 0 radical (unpaired) electrons. The highest BCUT2D eigenvalue weighted by Crippen LogP contribution is 2.25. The number of piperazine rings is 1. The van der Waals surface area contributed by atoms with Crippen molar-refractivity contribution in [1.82, 2.24) is 19.9 Å². The average Bonchev–Trinajstić information content (AvgIpc) is 2.81. The summed E-state index contributed by atoms with van der Waals surface area (Å²) in [6, 6.07) is 2.54. The number of aryl methyl sites for hydroxylation is 1. The molecule has 0 bridgehead atoms. The molecule has 1 aliphatic rings. The number of aromatic nitrogens is 3. The molecule has 1 fully saturated rings. The van der Waals surface area contributed by atoms with Crippen LogP contribution in [0.1, 0.15) is 13.3 Å². The highest BCUT2D eigenvalue weighted by atomic mass is 15.3. The second-order valence-corrected chi connectivity index (χ2v) is 4.82. The molecule has 5 heteroatoms. The first-order valence-electron chi connectivity index (χ1n) is 6.54. The molecule has 0 saturated carbocycles. The Morgan fingerprint density at radius 1 is 1.44 bits per heavy atom. The molecular weight excluding hydrogens is 226 g/mol. The van der Waals surface area contributed by atoms with Gasteiger partial charge in [0, 0.05) is 38.9 Å². The predicted octanol–water partition coefficient (Wildman–Crippen LogP) is 1.16. The summed E-state index contributed by atoms with van der Waals surface area (Å²) in [5, 5.41) is 3.44. The maximum Gasteiger partial charge on any atom is 0.157 e. The monoisotopic (exact) mass is 245 g/mol. The fourth-order valence-electron chi connectivity index (χ4n) is 2.66. The summed E-state index contributed by atoms with van der Waals surface area (Å²) in [5.74, 6) is 1.03. The minimum atomic E-state index is 0.513. The molecule has 1 atom stereocenters. The number of rotatable bonds is 2. The quantitative estimate of drug-likeness (QED) is 0.862. The van der Waals surface area contributed by atoms with Crippen LogP contribution in [0.3, 0.4) is 0 Å². The topological polar surface area (TPSA) is 46.0 Å². The molecule has 96 valence electrons. The maximum absolute atomic E-state index is 4.56. The van der Waals surface area contributed by atoms with E-state index in [2.05, 4.69) is 27.1 Å². The van der Waals surface area contributed by atoms with Crippen LogP contribution in [0.15, 0.2) is 18.6 Å². The molecule has 0 spiro atoms. The number of imidazole rings is 1. The van der Waals surface area contributed by atoms with Crippen LogP contribution in [0, 0.1) is 0 Å². The number of pyridine rings is 1. The Balaban J connectivity index is 2.07. The molecule has 1 aliphatic heterocycles. The summed E-state index contributed by atoms with van der Waals surface area (Å²) in [6.07, 6.45) is 4.87. The van der Waals surface area contributed by atoms with Crippen LogP contribution in [-0.2, 0) is 7.05 Å². The number of fused-ring (bicyclic) bond motifs is 1. The fraction of sp³-hybridized carbons (Fsp3) is 0.538. The Kier molecular flexibility index (Phi) is 2.91. The SMILES string of the molecule is CCC1CNCCN1c1nccc2c1ncn2C. The zero-order valence-electron chi connectivity index (χ0n) is 10.9. The van der Waals surface area contributed by atoms with Gasteiger partial charge in [-0.3, -0.25) is 0 Å². The summed E-state index contributed by atoms with van der Waals surface area (Å²) in [5.41, 5.74) is 2.16. The Labute approximate surface area is 107 Å². The zero-order chi connectivity index (χ0) is 12.5. The highest BCUT2D eigenvalue weighted by Gasteiger charge is 2.24. The van der Waals surface area contributed by atoms with Crippen LogP contribution in [0.4, 0.5) is 5.82 Å². The van der Waals surface area contributed by atoms with E-state index in [-0.39, 0.29) is 0 Å². The lowest BCUT2D eigenvalue weighted by molar-refractivity contribution is 0.464. The van der Waals surface area contributed by atoms with Crippen molar-refractivity contribution in [2.45, 2.75) is 19.4 Å². The molecular formula is C13H19N5. The van der Waals surface area contributed by atoms with Crippen molar-refractivity contribution in [3.63, 3.8) is 0 Å². The van der Waals surface area contributed by atoms with Crippen molar-refractivity contribution in [3.05, 3.63) is 18.6 Å². The predicted molar refractivity (Wildman–Crippen MR) is 72.8 cm³/mol. The number of nitrogens with zero attached hydrogens (tertiary/aromatic N) is 4. The van der Waals surface area contributed by atoms with Crippen LogP contribution in [0.2, 0.25) is 0 Å². The van der Waals surface area contributed by atoms with Gasteiger partial charge in [-0.25, -0.2) is 9.97 Å². The van der Waals surface area contributed by atoms with E-state index in [9.17, 15) is 0 Å². The third kappa shape index (κ3) is 1.75.